The molecular formula is C20H24INO4. The van der Waals surface area contributed by atoms with E-state index < -0.39 is 5.97 Å². The first kappa shape index (κ1) is 19.4. The van der Waals surface area contributed by atoms with E-state index in [0.717, 1.165) is 34.8 Å². The number of aliphatic hydroxyl groups is 1. The van der Waals surface area contributed by atoms with E-state index in [-0.39, 0.29) is 30.2 Å². The number of hydrogen-bond donors (Lipinski definition) is 1. The van der Waals surface area contributed by atoms with Gasteiger partial charge in [-0.05, 0) is 66.5 Å². The van der Waals surface area contributed by atoms with Gasteiger partial charge in [0.15, 0.2) is 0 Å². The van der Waals surface area contributed by atoms with E-state index in [1.54, 1.807) is 19.2 Å². The minimum Gasteiger partial charge on any atom is -0.462 e. The molecular weight excluding hydrogens is 445 g/mol. The van der Waals surface area contributed by atoms with Crippen molar-refractivity contribution in [3.63, 3.8) is 0 Å². The predicted octanol–water partition coefficient (Wildman–Crippen LogP) is 3.90. The number of rotatable bonds is 5. The number of hydrogen-bond acceptors (Lipinski definition) is 4. The second kappa shape index (κ2) is 8.52. The Morgan fingerprint density at radius 3 is 2.73 bits per heavy atom. The van der Waals surface area contributed by atoms with Crippen LogP contribution >= 0.6 is 22.6 Å². The number of aromatic nitrogens is 1. The summed E-state index contributed by atoms with van der Waals surface area (Å²) in [4.78, 5) is 25.2. The van der Waals surface area contributed by atoms with Crippen LogP contribution in [0.15, 0.2) is 29.2 Å². The third-order valence-electron chi connectivity index (χ3n) is 5.23. The van der Waals surface area contributed by atoms with E-state index in [0.29, 0.717) is 11.3 Å². The van der Waals surface area contributed by atoms with Crippen molar-refractivity contribution >= 4 is 39.5 Å². The Hall–Kier alpha value is -1.41. The van der Waals surface area contributed by atoms with Gasteiger partial charge in [0.1, 0.15) is 5.56 Å². The molecule has 3 rings (SSSR count). The molecule has 0 amide bonds. The number of halogens is 1. The van der Waals surface area contributed by atoms with Crippen molar-refractivity contribution in [3.05, 3.63) is 43.8 Å². The second-order valence-corrected chi connectivity index (χ2v) is 8.05. The van der Waals surface area contributed by atoms with Crippen molar-refractivity contribution < 1.29 is 14.6 Å². The third kappa shape index (κ3) is 3.81. The summed E-state index contributed by atoms with van der Waals surface area (Å²) in [7, 11) is 0. The van der Waals surface area contributed by atoms with E-state index in [4.69, 9.17) is 4.74 Å². The van der Waals surface area contributed by atoms with Crippen molar-refractivity contribution in [1.29, 1.82) is 0 Å². The highest BCUT2D eigenvalue weighted by molar-refractivity contribution is 14.1. The van der Waals surface area contributed by atoms with Crippen molar-refractivity contribution in [1.82, 2.24) is 4.57 Å². The molecule has 1 aromatic carbocycles. The predicted molar refractivity (Wildman–Crippen MR) is 110 cm³/mol. The number of carbonyl (C=O) groups is 1. The lowest BCUT2D eigenvalue weighted by Gasteiger charge is -2.32. The standard InChI is InChI=1S/C20H24INO4/c1-2-26-20(25)16-11-22(18(12-23)13-6-4-3-5-7-13)17-9-8-14(21)10-15(17)19(16)24/h8-11,13,18,23H,2-7,12H2,1H3. The van der Waals surface area contributed by atoms with Gasteiger partial charge in [-0.3, -0.25) is 4.79 Å². The molecule has 1 saturated carbocycles. The van der Waals surface area contributed by atoms with Crippen LogP contribution < -0.4 is 5.43 Å². The summed E-state index contributed by atoms with van der Waals surface area (Å²) in [5, 5.41) is 10.6. The van der Waals surface area contributed by atoms with Crippen LogP contribution in [0.1, 0.15) is 55.4 Å². The fraction of sp³-hybridized carbons (Fsp3) is 0.500. The van der Waals surface area contributed by atoms with Crippen LogP contribution in [-0.2, 0) is 4.74 Å². The Morgan fingerprint density at radius 2 is 2.08 bits per heavy atom. The molecule has 140 valence electrons. The molecule has 1 aliphatic rings. The lowest BCUT2D eigenvalue weighted by molar-refractivity contribution is 0.0523. The minimum atomic E-state index is -0.604. The maximum atomic E-state index is 12.9. The Morgan fingerprint density at radius 1 is 1.35 bits per heavy atom. The van der Waals surface area contributed by atoms with Crippen LogP contribution in [-0.4, -0.2) is 28.9 Å². The first-order valence-electron chi connectivity index (χ1n) is 9.19. The highest BCUT2D eigenvalue weighted by atomic mass is 127. The zero-order valence-corrected chi connectivity index (χ0v) is 17.1. The van der Waals surface area contributed by atoms with Crippen LogP contribution in [0.2, 0.25) is 0 Å². The molecule has 1 aromatic heterocycles. The smallest absolute Gasteiger partial charge is 0.343 e. The second-order valence-electron chi connectivity index (χ2n) is 6.81. The zero-order chi connectivity index (χ0) is 18.7. The average molecular weight is 469 g/mol. The Labute approximate surface area is 166 Å². The number of ether oxygens (including phenoxy) is 1. The number of nitrogens with zero attached hydrogens (tertiary/aromatic N) is 1. The van der Waals surface area contributed by atoms with Gasteiger partial charge in [-0.1, -0.05) is 19.3 Å². The summed E-state index contributed by atoms with van der Waals surface area (Å²) in [5.74, 6) is -0.263. The van der Waals surface area contributed by atoms with Crippen LogP contribution in [0.3, 0.4) is 0 Å². The maximum Gasteiger partial charge on any atom is 0.343 e. The molecule has 1 N–H and O–H groups in total. The average Bonchev–Trinajstić information content (AvgIpc) is 2.65. The van der Waals surface area contributed by atoms with E-state index in [1.165, 1.54) is 6.42 Å². The van der Waals surface area contributed by atoms with Crippen LogP contribution in [0, 0.1) is 9.49 Å². The summed E-state index contributed by atoms with van der Waals surface area (Å²) in [6.07, 6.45) is 7.23. The van der Waals surface area contributed by atoms with E-state index in [1.807, 2.05) is 16.7 Å². The number of fused-ring (bicyclic) bond motifs is 1. The molecule has 0 radical (unpaired) electrons. The summed E-state index contributed by atoms with van der Waals surface area (Å²) in [6, 6.07) is 5.50. The molecule has 1 aliphatic carbocycles. The molecule has 1 unspecified atom stereocenters. The Balaban J connectivity index is 2.20. The molecule has 1 fully saturated rings. The summed E-state index contributed by atoms with van der Waals surface area (Å²) < 4.78 is 7.94. The first-order valence-corrected chi connectivity index (χ1v) is 10.3. The summed E-state index contributed by atoms with van der Waals surface area (Å²) in [5.41, 5.74) is 0.484. The highest BCUT2D eigenvalue weighted by Gasteiger charge is 2.27. The number of benzene rings is 1. The first-order chi connectivity index (χ1) is 12.6. The SMILES string of the molecule is CCOC(=O)c1cn(C(CO)C2CCCCC2)c2ccc(I)cc2c1=O. The quantitative estimate of drug-likeness (QED) is 0.533. The van der Waals surface area contributed by atoms with Gasteiger partial charge < -0.3 is 14.4 Å². The molecule has 0 bridgehead atoms. The van der Waals surface area contributed by atoms with Gasteiger partial charge in [0.25, 0.3) is 0 Å². The molecule has 0 aliphatic heterocycles. The molecule has 0 spiro atoms. The Bertz CT molecular complexity index is 855. The van der Waals surface area contributed by atoms with Crippen molar-refractivity contribution in [2.75, 3.05) is 13.2 Å². The largest absolute Gasteiger partial charge is 0.462 e. The number of aliphatic hydroxyl groups excluding tert-OH is 1. The molecule has 26 heavy (non-hydrogen) atoms. The van der Waals surface area contributed by atoms with E-state index in [2.05, 4.69) is 22.6 Å². The lowest BCUT2D eigenvalue weighted by atomic mass is 9.83. The third-order valence-corrected chi connectivity index (χ3v) is 5.90. The topological polar surface area (TPSA) is 68.5 Å². The number of esters is 1. The van der Waals surface area contributed by atoms with E-state index in [9.17, 15) is 14.7 Å². The maximum absolute atomic E-state index is 12.9. The van der Waals surface area contributed by atoms with Gasteiger partial charge in [0.2, 0.25) is 5.43 Å². The number of pyridine rings is 1. The van der Waals surface area contributed by atoms with Crippen molar-refractivity contribution in [2.45, 2.75) is 45.1 Å². The highest BCUT2D eigenvalue weighted by Crippen LogP contribution is 2.34. The lowest BCUT2D eigenvalue weighted by Crippen LogP contribution is -2.29. The van der Waals surface area contributed by atoms with E-state index >= 15 is 0 Å². The summed E-state index contributed by atoms with van der Waals surface area (Å²) >= 11 is 2.16. The Kier molecular flexibility index (Phi) is 6.34. The van der Waals surface area contributed by atoms with Gasteiger partial charge in [0.05, 0.1) is 24.8 Å². The number of carbonyl (C=O) groups excluding carboxylic acids is 1. The van der Waals surface area contributed by atoms with Crippen LogP contribution in [0.25, 0.3) is 10.9 Å². The summed E-state index contributed by atoms with van der Waals surface area (Å²) in [6.45, 7) is 1.92. The van der Waals surface area contributed by atoms with Gasteiger partial charge in [-0.25, -0.2) is 4.79 Å². The van der Waals surface area contributed by atoms with Gasteiger partial charge >= 0.3 is 5.97 Å². The normalized spacial score (nSPS) is 16.6. The monoisotopic (exact) mass is 469 g/mol. The van der Waals surface area contributed by atoms with Gasteiger partial charge in [0, 0.05) is 15.2 Å². The fourth-order valence-corrected chi connectivity index (χ4v) is 4.43. The molecule has 6 heteroatoms. The molecule has 5 nitrogen and oxygen atoms in total. The van der Waals surface area contributed by atoms with Crippen LogP contribution in [0.5, 0.6) is 0 Å². The minimum absolute atomic E-state index is 0.0170. The molecule has 1 heterocycles. The van der Waals surface area contributed by atoms with Crippen LogP contribution in [0.4, 0.5) is 0 Å². The fourth-order valence-electron chi connectivity index (χ4n) is 3.94. The zero-order valence-electron chi connectivity index (χ0n) is 14.9. The molecule has 1 atom stereocenters. The van der Waals surface area contributed by atoms with Crippen molar-refractivity contribution in [2.24, 2.45) is 5.92 Å². The van der Waals surface area contributed by atoms with Crippen molar-refractivity contribution in [3.8, 4) is 0 Å². The molecule has 2 aromatic rings. The van der Waals surface area contributed by atoms with Gasteiger partial charge in [-0.15, -0.1) is 0 Å². The van der Waals surface area contributed by atoms with Gasteiger partial charge in [-0.2, -0.15) is 0 Å². The molecule has 0 saturated heterocycles.